The van der Waals surface area contributed by atoms with E-state index in [-0.39, 0.29) is 5.82 Å². The first-order valence-electron chi connectivity index (χ1n) is 7.41. The Morgan fingerprint density at radius 1 is 1.12 bits per heavy atom. The molecule has 0 aliphatic carbocycles. The average Bonchev–Trinajstić information content (AvgIpc) is 3.19. The number of rotatable bonds is 3. The van der Waals surface area contributed by atoms with Crippen LogP contribution in [-0.4, -0.2) is 19.6 Å². The molecule has 0 saturated carbocycles. The predicted octanol–water partition coefficient (Wildman–Crippen LogP) is 3.88. The van der Waals surface area contributed by atoms with Crippen molar-refractivity contribution < 1.29 is 8.81 Å². The second-order valence-electron chi connectivity index (χ2n) is 5.50. The van der Waals surface area contributed by atoms with Crippen molar-refractivity contribution >= 4 is 17.3 Å². The number of benzene rings is 1. The normalized spacial score (nSPS) is 11.1. The van der Waals surface area contributed by atoms with E-state index in [0.717, 1.165) is 5.69 Å². The van der Waals surface area contributed by atoms with Crippen molar-refractivity contribution in [1.82, 2.24) is 19.6 Å². The van der Waals surface area contributed by atoms with Crippen LogP contribution in [0.25, 0.3) is 17.4 Å². The molecule has 1 aromatic carbocycles. The fourth-order valence-electron chi connectivity index (χ4n) is 2.40. The smallest absolute Gasteiger partial charge is 0.255 e. The van der Waals surface area contributed by atoms with Crippen molar-refractivity contribution in [2.45, 2.75) is 13.8 Å². The molecule has 0 aliphatic rings. The van der Waals surface area contributed by atoms with Crippen LogP contribution in [0.3, 0.4) is 0 Å². The van der Waals surface area contributed by atoms with Gasteiger partial charge in [-0.3, -0.25) is 0 Å². The van der Waals surface area contributed by atoms with Gasteiger partial charge in [0, 0.05) is 17.4 Å². The van der Waals surface area contributed by atoms with Gasteiger partial charge in [-0.15, -0.1) is 5.10 Å². The lowest BCUT2D eigenvalue weighted by Crippen LogP contribution is -2.03. The Morgan fingerprint density at radius 3 is 2.75 bits per heavy atom. The van der Waals surface area contributed by atoms with Gasteiger partial charge in [-0.2, -0.15) is 9.50 Å². The molecule has 0 atom stereocenters. The Morgan fingerprint density at radius 2 is 2.00 bits per heavy atom. The number of aromatic nitrogens is 4. The molecule has 0 radical (unpaired) electrons. The summed E-state index contributed by atoms with van der Waals surface area (Å²) in [5.74, 6) is 1.82. The first kappa shape index (κ1) is 14.4. The van der Waals surface area contributed by atoms with Gasteiger partial charge in [0.25, 0.3) is 5.78 Å². The molecule has 1 N–H and O–H groups in total. The van der Waals surface area contributed by atoms with Gasteiger partial charge in [0.05, 0.1) is 6.26 Å². The van der Waals surface area contributed by atoms with Gasteiger partial charge >= 0.3 is 0 Å². The summed E-state index contributed by atoms with van der Waals surface area (Å²) >= 11 is 0. The molecule has 3 aromatic heterocycles. The minimum Gasteiger partial charge on any atom is -0.461 e. The Labute approximate surface area is 137 Å². The van der Waals surface area contributed by atoms with E-state index in [1.54, 1.807) is 35.9 Å². The van der Waals surface area contributed by atoms with Crippen molar-refractivity contribution in [2.24, 2.45) is 0 Å². The zero-order valence-corrected chi connectivity index (χ0v) is 13.1. The highest BCUT2D eigenvalue weighted by atomic mass is 19.1. The number of anilines is 2. The number of furan rings is 1. The maximum atomic E-state index is 13.8. The number of hydrogen-bond donors (Lipinski definition) is 1. The van der Waals surface area contributed by atoms with E-state index in [0.29, 0.717) is 34.4 Å². The number of aryl methyl sites for hydroxylation is 2. The zero-order chi connectivity index (χ0) is 16.7. The lowest BCUT2D eigenvalue weighted by molar-refractivity contribution is 0.577. The van der Waals surface area contributed by atoms with E-state index in [9.17, 15) is 4.39 Å². The van der Waals surface area contributed by atoms with Crippen molar-refractivity contribution in [3.8, 4) is 11.6 Å². The molecule has 6 nitrogen and oxygen atoms in total. The topological polar surface area (TPSA) is 68.2 Å². The molecule has 120 valence electrons. The van der Waals surface area contributed by atoms with Crippen LogP contribution in [0.5, 0.6) is 0 Å². The van der Waals surface area contributed by atoms with Crippen LogP contribution in [0.15, 0.2) is 47.1 Å². The molecule has 0 unspecified atom stereocenters. The molecular weight excluding hydrogens is 309 g/mol. The van der Waals surface area contributed by atoms with Crippen LogP contribution in [0, 0.1) is 19.7 Å². The Bertz CT molecular complexity index is 1020. The summed E-state index contributed by atoms with van der Waals surface area (Å²) in [6.45, 7) is 3.59. The molecule has 4 rings (SSSR count). The molecule has 0 saturated heterocycles. The van der Waals surface area contributed by atoms with Gasteiger partial charge in [-0.1, -0.05) is 6.07 Å². The van der Waals surface area contributed by atoms with Gasteiger partial charge in [0.15, 0.2) is 5.76 Å². The van der Waals surface area contributed by atoms with E-state index in [2.05, 4.69) is 20.4 Å². The highest BCUT2D eigenvalue weighted by molar-refractivity contribution is 5.60. The molecule has 3 heterocycles. The molecule has 4 aromatic rings. The van der Waals surface area contributed by atoms with Gasteiger partial charge in [0.1, 0.15) is 11.6 Å². The first-order chi connectivity index (χ1) is 11.6. The van der Waals surface area contributed by atoms with E-state index in [4.69, 9.17) is 4.42 Å². The largest absolute Gasteiger partial charge is 0.461 e. The molecule has 0 spiro atoms. The van der Waals surface area contributed by atoms with E-state index >= 15 is 0 Å². The first-order valence-corrected chi connectivity index (χ1v) is 7.41. The predicted molar refractivity (Wildman–Crippen MR) is 87.6 cm³/mol. The fraction of sp³-hybridized carbons (Fsp3) is 0.118. The van der Waals surface area contributed by atoms with E-state index in [1.807, 2.05) is 19.1 Å². The van der Waals surface area contributed by atoms with Crippen molar-refractivity contribution in [3.63, 3.8) is 0 Å². The summed E-state index contributed by atoms with van der Waals surface area (Å²) in [5, 5.41) is 7.59. The third kappa shape index (κ3) is 2.50. The zero-order valence-electron chi connectivity index (χ0n) is 13.1. The lowest BCUT2D eigenvalue weighted by atomic mass is 10.2. The molecule has 24 heavy (non-hydrogen) atoms. The van der Waals surface area contributed by atoms with Crippen LogP contribution in [-0.2, 0) is 0 Å². The van der Waals surface area contributed by atoms with Gasteiger partial charge in [-0.25, -0.2) is 9.37 Å². The highest BCUT2D eigenvalue weighted by Crippen LogP contribution is 2.22. The second kappa shape index (κ2) is 5.45. The Hall–Kier alpha value is -3.22. The molecule has 7 heteroatoms. The van der Waals surface area contributed by atoms with Crippen molar-refractivity contribution in [1.29, 1.82) is 0 Å². The average molecular weight is 323 g/mol. The highest BCUT2D eigenvalue weighted by Gasteiger charge is 2.13. The summed E-state index contributed by atoms with van der Waals surface area (Å²) in [4.78, 5) is 8.76. The Balaban J connectivity index is 1.80. The SMILES string of the molecule is Cc1cc(Nc2ccc(C)c(F)c2)n2nc(-c3ccco3)nc2n1. The van der Waals surface area contributed by atoms with E-state index < -0.39 is 0 Å². The molecule has 0 bridgehead atoms. The monoisotopic (exact) mass is 323 g/mol. The summed E-state index contributed by atoms with van der Waals surface area (Å²) < 4.78 is 20.7. The molecular formula is C17H14FN5O. The van der Waals surface area contributed by atoms with Gasteiger partial charge in [-0.05, 0) is 43.7 Å². The van der Waals surface area contributed by atoms with Gasteiger partial charge in [0.2, 0.25) is 5.82 Å². The lowest BCUT2D eigenvalue weighted by Gasteiger charge is -2.09. The molecule has 0 fully saturated rings. The van der Waals surface area contributed by atoms with Crippen LogP contribution >= 0.6 is 0 Å². The van der Waals surface area contributed by atoms with E-state index in [1.165, 1.54) is 6.07 Å². The third-order valence-corrected chi connectivity index (χ3v) is 3.63. The second-order valence-corrected chi connectivity index (χ2v) is 5.50. The maximum absolute atomic E-state index is 13.8. The molecule has 0 aliphatic heterocycles. The minimum atomic E-state index is -0.267. The van der Waals surface area contributed by atoms with Crippen molar-refractivity contribution in [3.05, 3.63) is 59.7 Å². The van der Waals surface area contributed by atoms with Crippen LogP contribution < -0.4 is 5.32 Å². The number of hydrogen-bond acceptors (Lipinski definition) is 5. The molecule has 0 amide bonds. The summed E-state index contributed by atoms with van der Waals surface area (Å²) in [6, 6.07) is 10.4. The third-order valence-electron chi connectivity index (χ3n) is 3.63. The standard InChI is InChI=1S/C17H14FN5O/c1-10-5-6-12(9-13(10)18)20-15-8-11(2)19-17-21-16(22-23(15)17)14-4-3-7-24-14/h3-9,20H,1-2H3. The summed E-state index contributed by atoms with van der Waals surface area (Å²) in [5.41, 5.74) is 1.99. The maximum Gasteiger partial charge on any atom is 0.255 e. The number of halogens is 1. The Kier molecular flexibility index (Phi) is 3.26. The van der Waals surface area contributed by atoms with Gasteiger partial charge < -0.3 is 9.73 Å². The summed E-state index contributed by atoms with van der Waals surface area (Å²) in [7, 11) is 0. The van der Waals surface area contributed by atoms with Crippen molar-refractivity contribution in [2.75, 3.05) is 5.32 Å². The number of nitrogens with zero attached hydrogens (tertiary/aromatic N) is 4. The number of nitrogens with one attached hydrogen (secondary N) is 1. The summed E-state index contributed by atoms with van der Waals surface area (Å²) in [6.07, 6.45) is 1.56. The van der Waals surface area contributed by atoms with Crippen LogP contribution in [0.2, 0.25) is 0 Å². The van der Waals surface area contributed by atoms with Crippen LogP contribution in [0.4, 0.5) is 15.9 Å². The van der Waals surface area contributed by atoms with Crippen LogP contribution in [0.1, 0.15) is 11.3 Å². The number of fused-ring (bicyclic) bond motifs is 1. The quantitative estimate of drug-likeness (QED) is 0.619. The minimum absolute atomic E-state index is 0.267. The fourth-order valence-corrected chi connectivity index (χ4v) is 2.40.